The third kappa shape index (κ3) is 5.00. The van der Waals surface area contributed by atoms with Crippen LogP contribution in [0.5, 0.6) is 5.75 Å². The highest BCUT2D eigenvalue weighted by molar-refractivity contribution is 9.10. The van der Waals surface area contributed by atoms with Gasteiger partial charge in [0, 0.05) is 34.6 Å². The maximum Gasteiger partial charge on any atom is 0.328 e. The number of aromatic nitrogens is 1. The summed E-state index contributed by atoms with van der Waals surface area (Å²) >= 11 is 3.30. The summed E-state index contributed by atoms with van der Waals surface area (Å²) in [6.07, 6.45) is 5.55. The molecule has 0 aliphatic rings. The topological polar surface area (TPSA) is 59.4 Å². The molecule has 2 aromatic rings. The van der Waals surface area contributed by atoms with Crippen molar-refractivity contribution in [3.8, 4) is 5.75 Å². The largest absolute Gasteiger partial charge is 0.489 e. The second-order valence-electron chi connectivity index (χ2n) is 4.19. The quantitative estimate of drug-likeness (QED) is 0.835. The summed E-state index contributed by atoms with van der Waals surface area (Å²) in [7, 11) is 0. The molecule has 1 heterocycles. The lowest BCUT2D eigenvalue weighted by atomic mass is 10.2. The first-order chi connectivity index (χ1) is 10.0. The van der Waals surface area contributed by atoms with Gasteiger partial charge in [-0.05, 0) is 45.8 Å². The molecule has 1 aromatic carbocycles. The molecule has 1 N–H and O–H groups in total. The Morgan fingerprint density at radius 1 is 1.33 bits per heavy atom. The fourth-order valence-electron chi connectivity index (χ4n) is 1.63. The third-order valence-electron chi connectivity index (χ3n) is 2.48. The van der Waals surface area contributed by atoms with Gasteiger partial charge < -0.3 is 9.84 Å². The number of nitrogens with zero attached hydrogens (tertiary/aromatic N) is 1. The summed E-state index contributed by atoms with van der Waals surface area (Å²) in [6.45, 7) is 0.234. The zero-order chi connectivity index (χ0) is 15.2. The predicted octanol–water partition coefficient (Wildman–Crippen LogP) is 3.66. The number of carbonyl (C=O) groups is 1. The van der Waals surface area contributed by atoms with E-state index in [4.69, 9.17) is 9.84 Å². The molecule has 0 saturated heterocycles. The van der Waals surface area contributed by atoms with Gasteiger partial charge in [0.25, 0.3) is 0 Å². The first-order valence-electron chi connectivity index (χ1n) is 5.97. The summed E-state index contributed by atoms with van der Waals surface area (Å²) in [5.41, 5.74) is 1.25. The highest BCUT2D eigenvalue weighted by Gasteiger charge is 2.02. The molecular weight excluding hydrogens is 341 g/mol. The molecule has 6 heteroatoms. The van der Waals surface area contributed by atoms with Gasteiger partial charge >= 0.3 is 5.97 Å². The molecule has 0 amide bonds. The number of carboxylic acids is 1. The van der Waals surface area contributed by atoms with Crippen molar-refractivity contribution in [2.75, 3.05) is 0 Å². The van der Waals surface area contributed by atoms with Gasteiger partial charge in [0.2, 0.25) is 0 Å². The van der Waals surface area contributed by atoms with E-state index < -0.39 is 11.8 Å². The molecule has 108 valence electrons. The molecule has 4 nitrogen and oxygen atoms in total. The summed E-state index contributed by atoms with van der Waals surface area (Å²) in [4.78, 5) is 14.5. The molecule has 0 bridgehead atoms. The van der Waals surface area contributed by atoms with Crippen LogP contribution in [0.25, 0.3) is 6.08 Å². The van der Waals surface area contributed by atoms with E-state index in [0.29, 0.717) is 11.3 Å². The summed E-state index contributed by atoms with van der Waals surface area (Å²) < 4.78 is 19.8. The second kappa shape index (κ2) is 6.99. The molecule has 0 saturated carbocycles. The summed E-state index contributed by atoms with van der Waals surface area (Å²) in [5.74, 6) is -1.27. The van der Waals surface area contributed by atoms with E-state index in [0.717, 1.165) is 16.1 Å². The highest BCUT2D eigenvalue weighted by Crippen LogP contribution is 2.19. The van der Waals surface area contributed by atoms with Crippen LogP contribution in [-0.2, 0) is 11.4 Å². The van der Waals surface area contributed by atoms with Crippen molar-refractivity contribution in [2.24, 2.45) is 0 Å². The highest BCUT2D eigenvalue weighted by atomic mass is 79.9. The number of halogens is 2. The monoisotopic (exact) mass is 351 g/mol. The zero-order valence-corrected chi connectivity index (χ0v) is 12.4. The van der Waals surface area contributed by atoms with E-state index in [9.17, 15) is 9.18 Å². The number of carboxylic acid groups (broad SMARTS) is 1. The van der Waals surface area contributed by atoms with Crippen LogP contribution in [0, 0.1) is 5.82 Å². The molecule has 21 heavy (non-hydrogen) atoms. The molecule has 0 spiro atoms. The van der Waals surface area contributed by atoms with Gasteiger partial charge in [0.15, 0.2) is 0 Å². The van der Waals surface area contributed by atoms with Crippen LogP contribution in [0.15, 0.2) is 47.2 Å². The average molecular weight is 352 g/mol. The first kappa shape index (κ1) is 15.2. The van der Waals surface area contributed by atoms with E-state index in [1.54, 1.807) is 18.5 Å². The molecule has 0 radical (unpaired) electrons. The lowest BCUT2D eigenvalue weighted by molar-refractivity contribution is -0.131. The Bertz CT molecular complexity index is 688. The number of benzene rings is 1. The number of pyridine rings is 1. The molecule has 0 atom stereocenters. The van der Waals surface area contributed by atoms with Crippen molar-refractivity contribution in [2.45, 2.75) is 6.61 Å². The minimum Gasteiger partial charge on any atom is -0.489 e. The number of ether oxygens (including phenoxy) is 1. The van der Waals surface area contributed by atoms with Crippen LogP contribution >= 0.6 is 15.9 Å². The number of hydrogen-bond acceptors (Lipinski definition) is 3. The maximum atomic E-state index is 13.5. The van der Waals surface area contributed by atoms with Crippen molar-refractivity contribution >= 4 is 28.0 Å². The molecule has 1 aromatic heterocycles. The zero-order valence-electron chi connectivity index (χ0n) is 10.8. The van der Waals surface area contributed by atoms with Gasteiger partial charge in [-0.3, -0.25) is 4.98 Å². The maximum absolute atomic E-state index is 13.5. The fraction of sp³-hybridized carbons (Fsp3) is 0.0667. The van der Waals surface area contributed by atoms with Gasteiger partial charge in [-0.15, -0.1) is 0 Å². The van der Waals surface area contributed by atoms with Crippen LogP contribution in [0.4, 0.5) is 4.39 Å². The molecule has 0 fully saturated rings. The molecule has 2 rings (SSSR count). The molecule has 0 aliphatic carbocycles. The van der Waals surface area contributed by atoms with Gasteiger partial charge in [0.05, 0.1) is 0 Å². The van der Waals surface area contributed by atoms with E-state index in [2.05, 4.69) is 20.9 Å². The SMILES string of the molecule is O=C(O)/C=C/c1cc(F)cc(OCc2cncc(Br)c2)c1. The number of hydrogen-bond donors (Lipinski definition) is 1. The lowest BCUT2D eigenvalue weighted by Gasteiger charge is -2.07. The van der Waals surface area contributed by atoms with E-state index in [1.807, 2.05) is 6.07 Å². The Morgan fingerprint density at radius 2 is 2.14 bits per heavy atom. The Balaban J connectivity index is 2.11. The predicted molar refractivity (Wildman–Crippen MR) is 79.3 cm³/mol. The van der Waals surface area contributed by atoms with Crippen LogP contribution < -0.4 is 4.74 Å². The number of aliphatic carboxylic acids is 1. The van der Waals surface area contributed by atoms with Gasteiger partial charge in [-0.25, -0.2) is 9.18 Å². The molecule has 0 unspecified atom stereocenters. The standard InChI is InChI=1S/C15H11BrFNO3/c16-12-3-11(7-18-8-12)9-21-14-5-10(1-2-15(19)20)4-13(17)6-14/h1-8H,9H2,(H,19,20)/b2-1+. The van der Waals surface area contributed by atoms with Crippen molar-refractivity contribution in [1.29, 1.82) is 0 Å². The van der Waals surface area contributed by atoms with Gasteiger partial charge in [-0.1, -0.05) is 0 Å². The van der Waals surface area contributed by atoms with Crippen LogP contribution in [0.3, 0.4) is 0 Å². The van der Waals surface area contributed by atoms with E-state index in [1.165, 1.54) is 18.2 Å². The Kier molecular flexibility index (Phi) is 5.05. The smallest absolute Gasteiger partial charge is 0.328 e. The van der Waals surface area contributed by atoms with Crippen molar-refractivity contribution < 1.29 is 19.0 Å². The van der Waals surface area contributed by atoms with Crippen LogP contribution in [0.2, 0.25) is 0 Å². The minimum atomic E-state index is -1.10. The van der Waals surface area contributed by atoms with Crippen molar-refractivity contribution in [1.82, 2.24) is 4.98 Å². The first-order valence-corrected chi connectivity index (χ1v) is 6.76. The Labute approximate surface area is 129 Å². The Hall–Kier alpha value is -2.21. The lowest BCUT2D eigenvalue weighted by Crippen LogP contribution is -1.97. The average Bonchev–Trinajstić information content (AvgIpc) is 2.43. The normalized spacial score (nSPS) is 10.8. The van der Waals surface area contributed by atoms with Crippen molar-refractivity contribution in [3.63, 3.8) is 0 Å². The van der Waals surface area contributed by atoms with Gasteiger partial charge in [0.1, 0.15) is 18.2 Å². The third-order valence-corrected chi connectivity index (χ3v) is 2.91. The molecule has 0 aliphatic heterocycles. The van der Waals surface area contributed by atoms with Crippen LogP contribution in [-0.4, -0.2) is 16.1 Å². The van der Waals surface area contributed by atoms with Crippen molar-refractivity contribution in [3.05, 3.63) is 64.2 Å². The van der Waals surface area contributed by atoms with E-state index >= 15 is 0 Å². The fourth-order valence-corrected chi connectivity index (χ4v) is 2.05. The van der Waals surface area contributed by atoms with Gasteiger partial charge in [-0.2, -0.15) is 0 Å². The number of rotatable bonds is 5. The van der Waals surface area contributed by atoms with E-state index in [-0.39, 0.29) is 6.61 Å². The van der Waals surface area contributed by atoms with Crippen LogP contribution in [0.1, 0.15) is 11.1 Å². The summed E-state index contributed by atoms with van der Waals surface area (Å²) in [5, 5.41) is 8.57. The Morgan fingerprint density at radius 3 is 2.86 bits per heavy atom. The minimum absolute atomic E-state index is 0.234. The summed E-state index contributed by atoms with van der Waals surface area (Å²) in [6, 6.07) is 5.88. The molecular formula is C15H11BrFNO3. The second-order valence-corrected chi connectivity index (χ2v) is 5.11.